The van der Waals surface area contributed by atoms with E-state index in [2.05, 4.69) is 0 Å². The van der Waals surface area contributed by atoms with Gasteiger partial charge in [-0.3, -0.25) is 4.79 Å². The molecule has 3 aromatic rings. The van der Waals surface area contributed by atoms with Crippen molar-refractivity contribution in [1.29, 1.82) is 0 Å². The number of aliphatic hydroxyl groups excluding tert-OH is 6. The van der Waals surface area contributed by atoms with Gasteiger partial charge in [0.2, 0.25) is 17.5 Å². The first-order chi connectivity index (χ1) is 20.3. The average molecular weight is 611 g/mol. The van der Waals surface area contributed by atoms with E-state index in [0.29, 0.717) is 0 Å². The second-order valence-electron chi connectivity index (χ2n) is 10.3. The highest BCUT2D eigenvalue weighted by molar-refractivity contribution is 5.88. The molecule has 0 saturated carbocycles. The van der Waals surface area contributed by atoms with Crippen LogP contribution in [0.1, 0.15) is 6.92 Å². The molecule has 0 amide bonds. The van der Waals surface area contributed by atoms with Gasteiger partial charge in [-0.05, 0) is 25.1 Å². The zero-order valence-corrected chi connectivity index (χ0v) is 22.3. The first kappa shape index (κ1) is 30.7. The maximum Gasteiger partial charge on any atom is 0.239 e. The molecule has 3 heterocycles. The Kier molecular flexibility index (Phi) is 8.41. The lowest BCUT2D eigenvalue weighted by Crippen LogP contribution is -2.61. The molecule has 0 radical (unpaired) electrons. The van der Waals surface area contributed by atoms with Crippen LogP contribution in [0, 0.1) is 0 Å². The van der Waals surface area contributed by atoms with E-state index < -0.39 is 113 Å². The zero-order chi connectivity index (χ0) is 31.3. The van der Waals surface area contributed by atoms with Crippen molar-refractivity contribution in [2.24, 2.45) is 0 Å². The highest BCUT2D eigenvalue weighted by Gasteiger charge is 2.47. The molecule has 234 valence electrons. The van der Waals surface area contributed by atoms with Gasteiger partial charge in [-0.2, -0.15) is 0 Å². The first-order valence-corrected chi connectivity index (χ1v) is 13.0. The Hall–Kier alpha value is -3.71. The average Bonchev–Trinajstić information content (AvgIpc) is 2.96. The Balaban J connectivity index is 1.48. The Morgan fingerprint density at radius 2 is 1.42 bits per heavy atom. The minimum absolute atomic E-state index is 0.0313. The van der Waals surface area contributed by atoms with Crippen LogP contribution in [0.4, 0.5) is 0 Å². The molecule has 5 rings (SSSR count). The number of aromatic hydroxyl groups is 4. The molecule has 0 bridgehead atoms. The van der Waals surface area contributed by atoms with Crippen LogP contribution >= 0.6 is 0 Å². The third-order valence-electron chi connectivity index (χ3n) is 7.29. The van der Waals surface area contributed by atoms with Crippen LogP contribution in [0.25, 0.3) is 22.3 Å². The second-order valence-corrected chi connectivity index (χ2v) is 10.3. The van der Waals surface area contributed by atoms with Gasteiger partial charge in [-0.15, -0.1) is 0 Å². The molecule has 10 N–H and O–H groups in total. The summed E-state index contributed by atoms with van der Waals surface area (Å²) in [4.78, 5) is 13.6. The van der Waals surface area contributed by atoms with E-state index in [1.165, 1.54) is 13.0 Å². The maximum absolute atomic E-state index is 13.6. The first-order valence-electron chi connectivity index (χ1n) is 13.0. The molecule has 2 saturated heterocycles. The summed E-state index contributed by atoms with van der Waals surface area (Å²) < 4.78 is 27.8. The van der Waals surface area contributed by atoms with Crippen molar-refractivity contribution in [3.63, 3.8) is 0 Å². The molecule has 16 nitrogen and oxygen atoms in total. The van der Waals surface area contributed by atoms with Crippen LogP contribution in [0.5, 0.6) is 28.7 Å². The summed E-state index contributed by atoms with van der Waals surface area (Å²) in [6.07, 6.45) is -16.2. The van der Waals surface area contributed by atoms with E-state index in [1.807, 2.05) is 0 Å². The Morgan fingerprint density at radius 3 is 2.12 bits per heavy atom. The third-order valence-corrected chi connectivity index (χ3v) is 7.29. The monoisotopic (exact) mass is 610 g/mol. The topological polar surface area (TPSA) is 269 Å². The summed E-state index contributed by atoms with van der Waals surface area (Å²) in [6, 6.07) is 5.24. The number of ether oxygens (including phenoxy) is 4. The van der Waals surface area contributed by atoms with Crippen LogP contribution in [0.15, 0.2) is 39.5 Å². The number of rotatable bonds is 6. The largest absolute Gasteiger partial charge is 0.508 e. The molecular weight excluding hydrogens is 580 g/mol. The van der Waals surface area contributed by atoms with Crippen molar-refractivity contribution >= 4 is 11.0 Å². The predicted octanol–water partition coefficient (Wildman–Crippen LogP) is -1.69. The smallest absolute Gasteiger partial charge is 0.239 e. The Morgan fingerprint density at radius 1 is 0.744 bits per heavy atom. The predicted molar refractivity (Wildman–Crippen MR) is 140 cm³/mol. The molecule has 10 atom stereocenters. The number of benzene rings is 2. The fourth-order valence-electron chi connectivity index (χ4n) is 4.84. The van der Waals surface area contributed by atoms with Crippen molar-refractivity contribution in [2.45, 2.75) is 68.3 Å². The minimum Gasteiger partial charge on any atom is -0.508 e. The normalized spacial score (nSPS) is 33.0. The lowest BCUT2D eigenvalue weighted by molar-refractivity contribution is -0.318. The fourth-order valence-corrected chi connectivity index (χ4v) is 4.84. The summed E-state index contributed by atoms with van der Waals surface area (Å²) in [7, 11) is 0. The zero-order valence-electron chi connectivity index (χ0n) is 22.3. The van der Waals surface area contributed by atoms with Gasteiger partial charge in [-0.1, -0.05) is 0 Å². The van der Waals surface area contributed by atoms with E-state index >= 15 is 0 Å². The van der Waals surface area contributed by atoms with Gasteiger partial charge in [0.1, 0.15) is 65.2 Å². The van der Waals surface area contributed by atoms with Crippen LogP contribution in [-0.4, -0.2) is 119 Å². The molecule has 16 heteroatoms. The highest BCUT2D eigenvalue weighted by Crippen LogP contribution is 2.39. The molecule has 1 aromatic heterocycles. The maximum atomic E-state index is 13.6. The van der Waals surface area contributed by atoms with Crippen molar-refractivity contribution in [2.75, 3.05) is 6.61 Å². The Bertz CT molecular complexity index is 1540. The van der Waals surface area contributed by atoms with Crippen LogP contribution in [0.3, 0.4) is 0 Å². The third kappa shape index (κ3) is 5.67. The molecule has 2 aromatic carbocycles. The van der Waals surface area contributed by atoms with Crippen molar-refractivity contribution < 1.29 is 74.4 Å². The van der Waals surface area contributed by atoms with Crippen LogP contribution < -0.4 is 10.2 Å². The lowest BCUT2D eigenvalue weighted by atomic mass is 9.98. The second kappa shape index (κ2) is 11.8. The minimum atomic E-state index is -1.97. The van der Waals surface area contributed by atoms with E-state index in [1.54, 1.807) is 0 Å². The number of fused-ring (bicyclic) bond motifs is 1. The van der Waals surface area contributed by atoms with E-state index in [9.17, 15) is 55.9 Å². The van der Waals surface area contributed by atoms with Gasteiger partial charge in [0.15, 0.2) is 23.5 Å². The van der Waals surface area contributed by atoms with Gasteiger partial charge in [0.05, 0.1) is 12.7 Å². The van der Waals surface area contributed by atoms with Gasteiger partial charge >= 0.3 is 0 Å². The molecule has 43 heavy (non-hydrogen) atoms. The summed E-state index contributed by atoms with van der Waals surface area (Å²) in [6.45, 7) is 0.818. The molecule has 2 fully saturated rings. The summed E-state index contributed by atoms with van der Waals surface area (Å²) in [5, 5.41) is 101. The summed E-state index contributed by atoms with van der Waals surface area (Å²) >= 11 is 0. The van der Waals surface area contributed by atoms with Crippen LogP contribution in [-0.2, 0) is 14.2 Å². The molecule has 0 spiro atoms. The summed E-state index contributed by atoms with van der Waals surface area (Å²) in [5.41, 5.74) is -1.35. The number of aliphatic hydroxyl groups is 6. The van der Waals surface area contributed by atoms with E-state index in [4.69, 9.17) is 23.4 Å². The number of phenols is 4. The van der Waals surface area contributed by atoms with Crippen molar-refractivity contribution in [3.05, 3.63) is 40.6 Å². The fraction of sp³-hybridized carbons (Fsp3) is 0.444. The summed E-state index contributed by atoms with van der Waals surface area (Å²) in [5.74, 6) is -3.33. The number of phenolic OH excluding ortho intramolecular Hbond substituents is 4. The van der Waals surface area contributed by atoms with Crippen molar-refractivity contribution in [3.8, 4) is 40.1 Å². The van der Waals surface area contributed by atoms with Crippen molar-refractivity contribution in [1.82, 2.24) is 0 Å². The molecule has 2 aliphatic heterocycles. The standard InChI is InChI=1S/C27H30O16/c1-8-17(32)20(35)22(37)26(40-8)39-7-15-18(33)21(36)23(38)27(42-15)43-25-19(34)16-13(31)5-10(28)6-14(16)41-24(25)9-2-3-11(29)12(30)4-9/h2-6,8,15,17-18,20-23,26-33,35-38H,7H2,1H3/t8?,15-,17?,18?,20?,21?,22?,23?,26?,27+/m1/s1. The van der Waals surface area contributed by atoms with E-state index in [0.717, 1.165) is 24.3 Å². The molecule has 0 aliphatic carbocycles. The van der Waals surface area contributed by atoms with Gasteiger partial charge < -0.3 is 74.4 Å². The molecule has 2 aliphatic rings. The molecular formula is C27H30O16. The quantitative estimate of drug-likeness (QED) is 0.140. The number of hydrogen-bond donors (Lipinski definition) is 10. The SMILES string of the molecule is CC1OC(OC[C@H]2O[C@@H](Oc3c(-c4ccc(O)c(O)c4)oc4cc(O)cc(O)c4c3=O)C(O)C(O)C2O)C(O)C(O)C1O. The van der Waals surface area contributed by atoms with E-state index in [-0.39, 0.29) is 11.1 Å². The van der Waals surface area contributed by atoms with Gasteiger partial charge in [0, 0.05) is 17.7 Å². The van der Waals surface area contributed by atoms with Gasteiger partial charge in [0.25, 0.3) is 0 Å². The van der Waals surface area contributed by atoms with Crippen LogP contribution in [0.2, 0.25) is 0 Å². The Labute approximate surface area is 241 Å². The number of hydrogen-bond acceptors (Lipinski definition) is 16. The highest BCUT2D eigenvalue weighted by atomic mass is 16.7. The lowest BCUT2D eigenvalue weighted by Gasteiger charge is -2.42. The van der Waals surface area contributed by atoms with Gasteiger partial charge in [-0.25, -0.2) is 0 Å². The molecule has 8 unspecified atom stereocenters.